The van der Waals surface area contributed by atoms with Crippen LogP contribution in [0.2, 0.25) is 10.0 Å². The van der Waals surface area contributed by atoms with E-state index in [9.17, 15) is 0 Å². The van der Waals surface area contributed by atoms with Crippen molar-refractivity contribution in [1.29, 1.82) is 0 Å². The van der Waals surface area contributed by atoms with Gasteiger partial charge in [0.05, 0.1) is 27.6 Å². The Hall–Kier alpha value is -1.19. The molecule has 1 heterocycles. The van der Waals surface area contributed by atoms with Gasteiger partial charge in [0.1, 0.15) is 0 Å². The zero-order valence-electron chi connectivity index (χ0n) is 7.11. The molecule has 0 spiro atoms. The summed E-state index contributed by atoms with van der Waals surface area (Å²) >= 11 is 11.5. The molecule has 5 heteroatoms. The molecule has 0 aliphatic heterocycles. The minimum Gasteiger partial charge on any atom is -0.397 e. The van der Waals surface area contributed by atoms with E-state index in [2.05, 4.69) is 5.10 Å². The fourth-order valence-corrected chi connectivity index (χ4v) is 1.37. The topological polar surface area (TPSA) is 43.8 Å². The molecule has 3 nitrogen and oxygen atoms in total. The highest BCUT2D eigenvalue weighted by Gasteiger charge is 2.01. The Labute approximate surface area is 91.0 Å². The van der Waals surface area contributed by atoms with E-state index in [0.29, 0.717) is 15.7 Å². The molecule has 0 fully saturated rings. The predicted octanol–water partition coefficient (Wildman–Crippen LogP) is 2.76. The van der Waals surface area contributed by atoms with Crippen LogP contribution in [0, 0.1) is 0 Å². The van der Waals surface area contributed by atoms with Crippen LogP contribution >= 0.6 is 23.2 Å². The number of nitrogens with two attached hydrogens (primary N) is 1. The highest BCUT2D eigenvalue weighted by molar-refractivity contribution is 6.33. The average molecular weight is 228 g/mol. The smallest absolute Gasteiger partial charge is 0.0790 e. The maximum Gasteiger partial charge on any atom is 0.0790 e. The van der Waals surface area contributed by atoms with Crippen molar-refractivity contribution >= 4 is 28.9 Å². The Morgan fingerprint density at radius 2 is 2.07 bits per heavy atom. The molecule has 0 bridgehead atoms. The van der Waals surface area contributed by atoms with E-state index < -0.39 is 0 Å². The molecule has 2 aromatic rings. The third kappa shape index (κ3) is 1.69. The number of benzene rings is 1. The number of nitrogens with zero attached hydrogens (tertiary/aromatic N) is 2. The van der Waals surface area contributed by atoms with Gasteiger partial charge in [0.25, 0.3) is 0 Å². The molecule has 14 heavy (non-hydrogen) atoms. The molecular weight excluding hydrogens is 221 g/mol. The first-order valence-corrected chi connectivity index (χ1v) is 4.68. The van der Waals surface area contributed by atoms with Gasteiger partial charge in [-0.2, -0.15) is 5.10 Å². The van der Waals surface area contributed by atoms with Crippen LogP contribution in [0.1, 0.15) is 0 Å². The van der Waals surface area contributed by atoms with Crippen LogP contribution in [-0.2, 0) is 0 Å². The van der Waals surface area contributed by atoms with Crippen LogP contribution in [0.4, 0.5) is 5.69 Å². The summed E-state index contributed by atoms with van der Waals surface area (Å²) in [7, 11) is 0. The second-order valence-corrected chi connectivity index (χ2v) is 3.65. The maximum atomic E-state index is 5.79. The molecule has 1 aromatic carbocycles. The summed E-state index contributed by atoms with van der Waals surface area (Å²) in [5, 5.41) is 5.16. The van der Waals surface area contributed by atoms with Gasteiger partial charge in [-0.25, -0.2) is 4.68 Å². The zero-order chi connectivity index (χ0) is 10.1. The summed E-state index contributed by atoms with van der Waals surface area (Å²) in [5.41, 5.74) is 7.01. The Bertz CT molecular complexity index is 465. The van der Waals surface area contributed by atoms with Gasteiger partial charge < -0.3 is 5.73 Å². The molecule has 0 aliphatic rings. The van der Waals surface area contributed by atoms with Gasteiger partial charge in [-0.05, 0) is 18.2 Å². The van der Waals surface area contributed by atoms with Gasteiger partial charge in [-0.1, -0.05) is 23.2 Å². The van der Waals surface area contributed by atoms with Crippen molar-refractivity contribution in [3.05, 3.63) is 40.6 Å². The van der Waals surface area contributed by atoms with E-state index >= 15 is 0 Å². The lowest BCUT2D eigenvalue weighted by Gasteiger charge is -2.03. The van der Waals surface area contributed by atoms with Crippen LogP contribution in [0.3, 0.4) is 0 Å². The molecule has 0 saturated carbocycles. The molecule has 1 aromatic heterocycles. The Morgan fingerprint density at radius 1 is 1.29 bits per heavy atom. The normalized spacial score (nSPS) is 10.4. The lowest BCUT2D eigenvalue weighted by molar-refractivity contribution is 0.881. The van der Waals surface area contributed by atoms with Gasteiger partial charge in [-0.3, -0.25) is 0 Å². The Morgan fingerprint density at radius 3 is 2.64 bits per heavy atom. The third-order valence-electron chi connectivity index (χ3n) is 1.80. The highest BCUT2D eigenvalue weighted by atomic mass is 35.5. The van der Waals surface area contributed by atoms with E-state index in [1.165, 1.54) is 0 Å². The SMILES string of the molecule is Nc1cc(-n2cc(Cl)cn2)ccc1Cl. The Kier molecular flexibility index (Phi) is 2.35. The van der Waals surface area contributed by atoms with Crippen LogP contribution in [-0.4, -0.2) is 9.78 Å². The summed E-state index contributed by atoms with van der Waals surface area (Å²) in [5.74, 6) is 0. The first kappa shape index (κ1) is 9.37. The van der Waals surface area contributed by atoms with E-state index in [4.69, 9.17) is 28.9 Å². The van der Waals surface area contributed by atoms with Gasteiger partial charge in [0, 0.05) is 6.20 Å². The molecule has 0 radical (unpaired) electrons. The molecule has 2 N–H and O–H groups in total. The number of anilines is 1. The van der Waals surface area contributed by atoms with Crippen molar-refractivity contribution in [2.45, 2.75) is 0 Å². The fourth-order valence-electron chi connectivity index (χ4n) is 1.12. The molecule has 0 saturated heterocycles. The number of aromatic nitrogens is 2. The summed E-state index contributed by atoms with van der Waals surface area (Å²) in [6.07, 6.45) is 3.26. The number of nitrogen functional groups attached to an aromatic ring is 1. The second kappa shape index (κ2) is 3.52. The first-order valence-electron chi connectivity index (χ1n) is 3.92. The fraction of sp³-hybridized carbons (Fsp3) is 0. The van der Waals surface area contributed by atoms with E-state index in [1.54, 1.807) is 29.2 Å². The minimum atomic E-state index is 0.524. The maximum absolute atomic E-state index is 5.79. The largest absolute Gasteiger partial charge is 0.397 e. The van der Waals surface area contributed by atoms with Crippen LogP contribution in [0.5, 0.6) is 0 Å². The predicted molar refractivity (Wildman–Crippen MR) is 58.0 cm³/mol. The van der Waals surface area contributed by atoms with Crippen molar-refractivity contribution in [3.8, 4) is 5.69 Å². The van der Waals surface area contributed by atoms with Gasteiger partial charge in [0.2, 0.25) is 0 Å². The van der Waals surface area contributed by atoms with Gasteiger partial charge in [-0.15, -0.1) is 0 Å². The summed E-state index contributed by atoms with van der Waals surface area (Å²) in [6.45, 7) is 0. The summed E-state index contributed by atoms with van der Waals surface area (Å²) in [4.78, 5) is 0. The minimum absolute atomic E-state index is 0.524. The summed E-state index contributed by atoms with van der Waals surface area (Å²) in [6, 6.07) is 5.29. The lowest BCUT2D eigenvalue weighted by Crippen LogP contribution is -1.96. The number of halogens is 2. The van der Waals surface area contributed by atoms with Crippen LogP contribution < -0.4 is 5.73 Å². The standard InChI is InChI=1S/C9H7Cl2N3/c10-6-4-13-14(5-6)7-1-2-8(11)9(12)3-7/h1-5H,12H2. The molecule has 0 atom stereocenters. The van der Waals surface area contributed by atoms with Gasteiger partial charge >= 0.3 is 0 Å². The molecular formula is C9H7Cl2N3. The molecule has 2 rings (SSSR count). The van der Waals surface area contributed by atoms with E-state index in [1.807, 2.05) is 6.07 Å². The number of hydrogen-bond donors (Lipinski definition) is 1. The average Bonchev–Trinajstić information content (AvgIpc) is 2.57. The van der Waals surface area contributed by atoms with E-state index in [0.717, 1.165) is 5.69 Å². The Balaban J connectivity index is 2.47. The lowest BCUT2D eigenvalue weighted by atomic mass is 10.3. The van der Waals surface area contributed by atoms with Crippen molar-refractivity contribution in [3.63, 3.8) is 0 Å². The number of rotatable bonds is 1. The molecule has 72 valence electrons. The monoisotopic (exact) mass is 227 g/mol. The summed E-state index contributed by atoms with van der Waals surface area (Å²) < 4.78 is 1.63. The number of hydrogen-bond acceptors (Lipinski definition) is 2. The highest BCUT2D eigenvalue weighted by Crippen LogP contribution is 2.21. The van der Waals surface area contributed by atoms with Gasteiger partial charge in [0.15, 0.2) is 0 Å². The zero-order valence-corrected chi connectivity index (χ0v) is 8.63. The van der Waals surface area contributed by atoms with Crippen LogP contribution in [0.15, 0.2) is 30.6 Å². The van der Waals surface area contributed by atoms with E-state index in [-0.39, 0.29) is 0 Å². The third-order valence-corrected chi connectivity index (χ3v) is 2.33. The van der Waals surface area contributed by atoms with Crippen molar-refractivity contribution in [1.82, 2.24) is 9.78 Å². The molecule has 0 amide bonds. The van der Waals surface area contributed by atoms with Crippen molar-refractivity contribution in [2.75, 3.05) is 5.73 Å². The first-order chi connectivity index (χ1) is 6.66. The quantitative estimate of drug-likeness (QED) is 0.762. The van der Waals surface area contributed by atoms with Crippen molar-refractivity contribution < 1.29 is 0 Å². The molecule has 0 aliphatic carbocycles. The molecule has 0 unspecified atom stereocenters. The van der Waals surface area contributed by atoms with Crippen molar-refractivity contribution in [2.24, 2.45) is 0 Å². The second-order valence-electron chi connectivity index (χ2n) is 2.81. The van der Waals surface area contributed by atoms with Crippen LogP contribution in [0.25, 0.3) is 5.69 Å².